The quantitative estimate of drug-likeness (QED) is 0.863. The number of hydrogen-bond acceptors (Lipinski definition) is 4. The first-order valence-corrected chi connectivity index (χ1v) is 7.84. The van der Waals surface area contributed by atoms with Crippen molar-refractivity contribution in [1.29, 1.82) is 0 Å². The molecule has 1 atom stereocenters. The van der Waals surface area contributed by atoms with Crippen molar-refractivity contribution < 1.29 is 14.3 Å². The van der Waals surface area contributed by atoms with Crippen LogP contribution in [0.25, 0.3) is 0 Å². The Morgan fingerprint density at radius 2 is 1.91 bits per heavy atom. The van der Waals surface area contributed by atoms with Gasteiger partial charge in [-0.1, -0.05) is 24.3 Å². The van der Waals surface area contributed by atoms with E-state index in [-0.39, 0.29) is 11.9 Å². The number of Topliss-reactive ketones (excluding diaryl/α,β-unsaturated/α-hetero) is 1. The molecular formula is C19H21NO3. The number of carbonyl (C=O) groups excluding carboxylic acids is 1. The van der Waals surface area contributed by atoms with Gasteiger partial charge in [-0.3, -0.25) is 4.79 Å². The number of nitrogens with one attached hydrogen (secondary N) is 1. The smallest absolute Gasteiger partial charge is 0.167 e. The molecule has 2 aromatic rings. The fraction of sp³-hybridized carbons (Fsp3) is 0.316. The van der Waals surface area contributed by atoms with Crippen LogP contribution in [0.1, 0.15) is 27.6 Å². The molecule has 0 radical (unpaired) electrons. The maximum absolute atomic E-state index is 12.3. The molecule has 1 fully saturated rings. The van der Waals surface area contributed by atoms with E-state index >= 15 is 0 Å². The minimum absolute atomic E-state index is 0.107. The van der Waals surface area contributed by atoms with Gasteiger partial charge < -0.3 is 14.8 Å². The Labute approximate surface area is 136 Å². The average Bonchev–Trinajstić information content (AvgIpc) is 2.63. The van der Waals surface area contributed by atoms with Crippen molar-refractivity contribution in [3.05, 3.63) is 65.2 Å². The Morgan fingerprint density at radius 3 is 2.52 bits per heavy atom. The van der Waals surface area contributed by atoms with Gasteiger partial charge in [-0.05, 0) is 35.4 Å². The van der Waals surface area contributed by atoms with Crippen LogP contribution in [0.15, 0.2) is 48.5 Å². The Morgan fingerprint density at radius 1 is 1.17 bits per heavy atom. The van der Waals surface area contributed by atoms with Gasteiger partial charge in [-0.2, -0.15) is 0 Å². The average molecular weight is 311 g/mol. The van der Waals surface area contributed by atoms with Crippen LogP contribution in [0.5, 0.6) is 5.75 Å². The predicted molar refractivity (Wildman–Crippen MR) is 89.0 cm³/mol. The van der Waals surface area contributed by atoms with Gasteiger partial charge >= 0.3 is 0 Å². The van der Waals surface area contributed by atoms with Gasteiger partial charge in [0.2, 0.25) is 0 Å². The third kappa shape index (κ3) is 3.97. The van der Waals surface area contributed by atoms with Crippen molar-refractivity contribution in [2.75, 3.05) is 26.8 Å². The highest BCUT2D eigenvalue weighted by Crippen LogP contribution is 2.20. The zero-order valence-electron chi connectivity index (χ0n) is 13.2. The fourth-order valence-corrected chi connectivity index (χ4v) is 2.69. The lowest BCUT2D eigenvalue weighted by Crippen LogP contribution is -2.33. The number of ketones is 1. The molecule has 1 heterocycles. The SMILES string of the molecule is COc1ccc(C(=O)Cc2ccc(C3CNCCO3)cc2)cc1. The van der Waals surface area contributed by atoms with Gasteiger partial charge in [0.1, 0.15) is 5.75 Å². The van der Waals surface area contributed by atoms with Gasteiger partial charge in [0, 0.05) is 25.1 Å². The summed E-state index contributed by atoms with van der Waals surface area (Å²) < 4.78 is 10.8. The van der Waals surface area contributed by atoms with Crippen molar-refractivity contribution in [3.63, 3.8) is 0 Å². The first kappa shape index (κ1) is 15.7. The third-order valence-electron chi connectivity index (χ3n) is 4.06. The summed E-state index contributed by atoms with van der Waals surface area (Å²) in [7, 11) is 1.62. The molecular weight excluding hydrogens is 290 g/mol. The highest BCUT2D eigenvalue weighted by atomic mass is 16.5. The molecule has 4 nitrogen and oxygen atoms in total. The molecule has 23 heavy (non-hydrogen) atoms. The van der Waals surface area contributed by atoms with Crippen molar-refractivity contribution in [2.24, 2.45) is 0 Å². The monoisotopic (exact) mass is 311 g/mol. The molecule has 3 rings (SSSR count). The number of carbonyl (C=O) groups is 1. The molecule has 0 amide bonds. The number of ether oxygens (including phenoxy) is 2. The molecule has 0 saturated carbocycles. The second-order valence-corrected chi connectivity index (χ2v) is 5.63. The molecule has 1 unspecified atom stereocenters. The molecule has 1 saturated heterocycles. The zero-order valence-corrected chi connectivity index (χ0v) is 13.2. The van der Waals surface area contributed by atoms with E-state index in [2.05, 4.69) is 5.32 Å². The van der Waals surface area contributed by atoms with E-state index < -0.39 is 0 Å². The molecule has 1 N–H and O–H groups in total. The van der Waals surface area contributed by atoms with E-state index in [1.165, 1.54) is 0 Å². The van der Waals surface area contributed by atoms with Gasteiger partial charge in [0.15, 0.2) is 5.78 Å². The summed E-state index contributed by atoms with van der Waals surface area (Å²) in [5.74, 6) is 0.864. The van der Waals surface area contributed by atoms with Gasteiger partial charge in [-0.25, -0.2) is 0 Å². The molecule has 0 aliphatic carbocycles. The molecule has 0 aromatic heterocycles. The maximum Gasteiger partial charge on any atom is 0.167 e. The second kappa shape index (κ2) is 7.40. The predicted octanol–water partition coefficient (Wildman–Crippen LogP) is 2.78. The summed E-state index contributed by atoms with van der Waals surface area (Å²) in [5.41, 5.74) is 2.87. The Bertz CT molecular complexity index is 643. The lowest BCUT2D eigenvalue weighted by Gasteiger charge is -2.24. The standard InChI is InChI=1S/C19H21NO3/c1-22-17-8-6-15(7-9-17)18(21)12-14-2-4-16(5-3-14)19-13-20-10-11-23-19/h2-9,19-20H,10-13H2,1H3. The number of benzene rings is 2. The molecule has 1 aliphatic heterocycles. The van der Waals surface area contributed by atoms with E-state index in [0.717, 1.165) is 36.6 Å². The highest BCUT2D eigenvalue weighted by molar-refractivity contribution is 5.97. The van der Waals surface area contributed by atoms with Crippen LogP contribution in [0, 0.1) is 0 Å². The highest BCUT2D eigenvalue weighted by Gasteiger charge is 2.15. The van der Waals surface area contributed by atoms with Crippen LogP contribution < -0.4 is 10.1 Å². The van der Waals surface area contributed by atoms with Gasteiger partial charge in [-0.15, -0.1) is 0 Å². The lowest BCUT2D eigenvalue weighted by atomic mass is 10.0. The fourth-order valence-electron chi connectivity index (χ4n) is 2.69. The van der Waals surface area contributed by atoms with Crippen molar-refractivity contribution in [3.8, 4) is 5.75 Å². The van der Waals surface area contributed by atoms with E-state index in [0.29, 0.717) is 12.0 Å². The summed E-state index contributed by atoms with van der Waals surface area (Å²) in [4.78, 5) is 12.3. The van der Waals surface area contributed by atoms with Crippen LogP contribution in [0.2, 0.25) is 0 Å². The lowest BCUT2D eigenvalue weighted by molar-refractivity contribution is 0.0277. The molecule has 120 valence electrons. The molecule has 4 heteroatoms. The maximum atomic E-state index is 12.3. The summed E-state index contributed by atoms with van der Waals surface area (Å²) in [6.07, 6.45) is 0.506. The van der Waals surface area contributed by atoms with Gasteiger partial charge in [0.25, 0.3) is 0 Å². The van der Waals surface area contributed by atoms with Crippen molar-refractivity contribution in [2.45, 2.75) is 12.5 Å². The molecule has 2 aromatic carbocycles. The Hall–Kier alpha value is -2.17. The molecule has 1 aliphatic rings. The number of morpholine rings is 1. The minimum atomic E-state index is 0.107. The topological polar surface area (TPSA) is 47.6 Å². The molecule has 0 spiro atoms. The zero-order chi connectivity index (χ0) is 16.1. The van der Waals surface area contributed by atoms with Crippen molar-refractivity contribution in [1.82, 2.24) is 5.32 Å². The Balaban J connectivity index is 1.63. The van der Waals surface area contributed by atoms with E-state index in [1.54, 1.807) is 19.2 Å². The van der Waals surface area contributed by atoms with E-state index in [4.69, 9.17) is 9.47 Å². The summed E-state index contributed by atoms with van der Waals surface area (Å²) in [6.45, 7) is 2.48. The summed E-state index contributed by atoms with van der Waals surface area (Å²) in [5, 5.41) is 3.32. The number of methoxy groups -OCH3 is 1. The largest absolute Gasteiger partial charge is 0.497 e. The second-order valence-electron chi connectivity index (χ2n) is 5.63. The normalized spacial score (nSPS) is 17.7. The number of rotatable bonds is 5. The summed E-state index contributed by atoms with van der Waals surface area (Å²) >= 11 is 0. The van der Waals surface area contributed by atoms with Crippen LogP contribution in [-0.2, 0) is 11.2 Å². The van der Waals surface area contributed by atoms with Gasteiger partial charge in [0.05, 0.1) is 19.8 Å². The first-order chi connectivity index (χ1) is 11.3. The van der Waals surface area contributed by atoms with Crippen LogP contribution >= 0.6 is 0 Å². The Kier molecular flexibility index (Phi) is 5.05. The van der Waals surface area contributed by atoms with E-state index in [1.807, 2.05) is 36.4 Å². The van der Waals surface area contributed by atoms with E-state index in [9.17, 15) is 4.79 Å². The van der Waals surface area contributed by atoms with Crippen LogP contribution in [0.4, 0.5) is 0 Å². The molecule has 0 bridgehead atoms. The third-order valence-corrected chi connectivity index (χ3v) is 4.06. The minimum Gasteiger partial charge on any atom is -0.497 e. The summed E-state index contributed by atoms with van der Waals surface area (Å²) in [6, 6.07) is 15.3. The van der Waals surface area contributed by atoms with Crippen LogP contribution in [0.3, 0.4) is 0 Å². The first-order valence-electron chi connectivity index (χ1n) is 7.84. The van der Waals surface area contributed by atoms with Crippen LogP contribution in [-0.4, -0.2) is 32.6 Å². The van der Waals surface area contributed by atoms with Crippen molar-refractivity contribution >= 4 is 5.78 Å². The number of hydrogen-bond donors (Lipinski definition) is 1.